The smallest absolute Gasteiger partial charge is 0.345 e. The summed E-state index contributed by atoms with van der Waals surface area (Å²) in [7, 11) is 0. The molecular formula is C31H39N5O7. The van der Waals surface area contributed by atoms with E-state index in [0.29, 0.717) is 37.2 Å². The Morgan fingerprint density at radius 2 is 1.77 bits per heavy atom. The molecule has 0 saturated carbocycles. The van der Waals surface area contributed by atoms with Gasteiger partial charge >= 0.3 is 5.97 Å². The van der Waals surface area contributed by atoms with Crippen LogP contribution in [0.25, 0.3) is 17.0 Å². The largest absolute Gasteiger partial charge is 0.450 e. The van der Waals surface area contributed by atoms with Crippen LogP contribution in [-0.2, 0) is 33.4 Å². The summed E-state index contributed by atoms with van der Waals surface area (Å²) in [6, 6.07) is 7.54. The van der Waals surface area contributed by atoms with Crippen LogP contribution in [0.2, 0.25) is 0 Å². The second-order valence-electron chi connectivity index (χ2n) is 11.7. The van der Waals surface area contributed by atoms with Gasteiger partial charge in [0.2, 0.25) is 11.5 Å². The third-order valence-corrected chi connectivity index (χ3v) is 7.93. The van der Waals surface area contributed by atoms with Crippen molar-refractivity contribution in [3.05, 3.63) is 47.7 Å². The molecule has 12 nitrogen and oxygen atoms in total. The first-order valence-corrected chi connectivity index (χ1v) is 14.8. The Bertz CT molecular complexity index is 1420. The molecule has 3 aliphatic rings. The molecule has 43 heavy (non-hydrogen) atoms. The Labute approximate surface area is 250 Å². The molecule has 3 N–H and O–H groups in total. The van der Waals surface area contributed by atoms with Gasteiger partial charge in [-0.25, -0.2) is 10.2 Å². The lowest BCUT2D eigenvalue weighted by Gasteiger charge is -2.36. The number of carbonyl (C=O) groups is 4. The second kappa shape index (κ2) is 12.8. The molecule has 2 aromatic rings. The van der Waals surface area contributed by atoms with Crippen molar-refractivity contribution in [2.75, 3.05) is 26.4 Å². The number of amides is 3. The van der Waals surface area contributed by atoms with Gasteiger partial charge in [-0.15, -0.1) is 0 Å². The van der Waals surface area contributed by atoms with Crippen molar-refractivity contribution in [2.24, 2.45) is 5.92 Å². The third kappa shape index (κ3) is 6.71. The van der Waals surface area contributed by atoms with E-state index in [0.717, 1.165) is 10.9 Å². The Kier molecular flexibility index (Phi) is 9.09. The summed E-state index contributed by atoms with van der Waals surface area (Å²) in [5, 5.41) is 7.97. The first-order chi connectivity index (χ1) is 20.6. The molecule has 1 unspecified atom stereocenters. The average molecular weight is 594 g/mol. The minimum Gasteiger partial charge on any atom is -0.450 e. The number of hydrogen-bond acceptors (Lipinski definition) is 9. The van der Waals surface area contributed by atoms with Gasteiger partial charge in [-0.1, -0.05) is 38.1 Å². The highest BCUT2D eigenvalue weighted by Crippen LogP contribution is 2.25. The van der Waals surface area contributed by atoms with E-state index in [1.54, 1.807) is 32.9 Å². The van der Waals surface area contributed by atoms with Crippen molar-refractivity contribution in [1.82, 2.24) is 26.1 Å². The number of carbonyl (C=O) groups excluding carboxylic acids is 4. The summed E-state index contributed by atoms with van der Waals surface area (Å²) in [6.07, 6.45) is 3.29. The minimum absolute atomic E-state index is 0.0847. The zero-order valence-corrected chi connectivity index (χ0v) is 24.9. The molecule has 3 aliphatic heterocycles. The minimum atomic E-state index is -1.57. The SMILES string of the molecule is CC(C)[C@@H]1OC(=O)C2(/C=C\c3ccc4ccc(nc4c3)[C@@H](C)NC(=O)[C@@H]3CCCN(N3)C(=O)[C@H](C)NC1=O)COCCO2. The molecule has 1 spiro atoms. The summed E-state index contributed by atoms with van der Waals surface area (Å²) in [5.41, 5.74) is 3.60. The van der Waals surface area contributed by atoms with E-state index in [1.165, 1.54) is 5.01 Å². The summed E-state index contributed by atoms with van der Waals surface area (Å²) in [5.74, 6) is -2.43. The zero-order chi connectivity index (χ0) is 30.7. The van der Waals surface area contributed by atoms with Crippen LogP contribution >= 0.6 is 0 Å². The average Bonchev–Trinajstić information content (AvgIpc) is 3.01. The molecular weight excluding hydrogens is 554 g/mol. The highest BCUT2D eigenvalue weighted by molar-refractivity contribution is 5.92. The van der Waals surface area contributed by atoms with E-state index < -0.39 is 53.5 Å². The number of benzene rings is 1. The number of hydrogen-bond donors (Lipinski definition) is 3. The molecule has 1 aromatic carbocycles. The van der Waals surface area contributed by atoms with E-state index >= 15 is 0 Å². The van der Waals surface area contributed by atoms with Crippen LogP contribution in [0.15, 0.2) is 36.4 Å². The van der Waals surface area contributed by atoms with Crippen molar-refractivity contribution in [3.63, 3.8) is 0 Å². The number of rotatable bonds is 1. The van der Waals surface area contributed by atoms with Gasteiger partial charge in [0.1, 0.15) is 12.1 Å². The maximum absolute atomic E-state index is 13.6. The van der Waals surface area contributed by atoms with Gasteiger partial charge in [-0.05, 0) is 56.4 Å². The van der Waals surface area contributed by atoms with Crippen LogP contribution in [0, 0.1) is 5.92 Å². The van der Waals surface area contributed by atoms with E-state index in [4.69, 9.17) is 19.2 Å². The number of nitrogens with one attached hydrogen (secondary N) is 3. The van der Waals surface area contributed by atoms with Crippen molar-refractivity contribution in [2.45, 2.75) is 70.4 Å². The summed E-state index contributed by atoms with van der Waals surface area (Å²) in [4.78, 5) is 58.3. The molecule has 5 rings (SSSR count). The van der Waals surface area contributed by atoms with Crippen LogP contribution in [0.1, 0.15) is 57.8 Å². The van der Waals surface area contributed by atoms with Gasteiger partial charge in [0.25, 0.3) is 11.8 Å². The number of esters is 1. The van der Waals surface area contributed by atoms with Crippen LogP contribution in [0.5, 0.6) is 0 Å². The molecule has 0 aliphatic carbocycles. The molecule has 3 amide bonds. The standard InChI is InChI=1S/C31H39N5O7/c1-18(2)26-28(38)33-20(4)29(39)36-13-5-6-24(35-36)27(37)32-19(3)23-10-9-22-8-7-21(16-25(22)34-23)11-12-31(30(40)43-26)17-41-14-15-42-31/h7-12,16,18-20,24,26,35H,5-6,13-15,17H2,1-4H3,(H,32,37)(H,33,38)/b12-11-/t19-,20+,24+,26+,31?/m1/s1. The van der Waals surface area contributed by atoms with Gasteiger partial charge in [-0.2, -0.15) is 0 Å². The predicted molar refractivity (Wildman–Crippen MR) is 157 cm³/mol. The van der Waals surface area contributed by atoms with Gasteiger partial charge in [0.05, 0.1) is 37.1 Å². The number of aromatic nitrogens is 1. The van der Waals surface area contributed by atoms with Gasteiger partial charge in [0.15, 0.2) is 6.10 Å². The molecule has 1 aromatic heterocycles. The maximum Gasteiger partial charge on any atom is 0.345 e. The molecule has 230 valence electrons. The van der Waals surface area contributed by atoms with Gasteiger partial charge in [0, 0.05) is 11.9 Å². The molecule has 2 saturated heterocycles. The lowest BCUT2D eigenvalue weighted by atomic mass is 10.0. The van der Waals surface area contributed by atoms with Crippen LogP contribution < -0.4 is 16.1 Å². The molecule has 5 bridgehead atoms. The number of pyridine rings is 1. The first kappa shape index (κ1) is 30.6. The van der Waals surface area contributed by atoms with Crippen molar-refractivity contribution in [1.29, 1.82) is 0 Å². The lowest BCUT2D eigenvalue weighted by molar-refractivity contribution is -0.195. The van der Waals surface area contributed by atoms with Gasteiger partial charge < -0.3 is 24.8 Å². The third-order valence-electron chi connectivity index (χ3n) is 7.93. The molecule has 0 radical (unpaired) electrons. The van der Waals surface area contributed by atoms with Crippen molar-refractivity contribution < 1.29 is 33.4 Å². The number of nitrogens with zero attached hydrogens (tertiary/aromatic N) is 2. The first-order valence-electron chi connectivity index (χ1n) is 14.8. The number of cyclic esters (lactones) is 1. The summed E-state index contributed by atoms with van der Waals surface area (Å²) in [6.45, 7) is 7.69. The highest BCUT2D eigenvalue weighted by Gasteiger charge is 2.44. The number of hydrazine groups is 1. The fraction of sp³-hybridized carbons (Fsp3) is 0.516. The quantitative estimate of drug-likeness (QED) is 0.421. The van der Waals surface area contributed by atoms with E-state index in [9.17, 15) is 19.2 Å². The Hall–Kier alpha value is -3.87. The topological polar surface area (TPSA) is 148 Å². The second-order valence-corrected chi connectivity index (χ2v) is 11.7. The summed E-state index contributed by atoms with van der Waals surface area (Å²) < 4.78 is 17.3. The number of fused-ring (bicyclic) bond motifs is 4. The Morgan fingerprint density at radius 1 is 1.00 bits per heavy atom. The van der Waals surface area contributed by atoms with Crippen LogP contribution in [0.3, 0.4) is 0 Å². The highest BCUT2D eigenvalue weighted by atomic mass is 16.6. The van der Waals surface area contributed by atoms with E-state index in [1.807, 2.05) is 37.3 Å². The molecule has 2 fully saturated rings. The van der Waals surface area contributed by atoms with Crippen molar-refractivity contribution in [3.8, 4) is 0 Å². The van der Waals surface area contributed by atoms with Gasteiger partial charge in [-0.3, -0.25) is 24.4 Å². The monoisotopic (exact) mass is 593 g/mol. The zero-order valence-electron chi connectivity index (χ0n) is 24.9. The fourth-order valence-corrected chi connectivity index (χ4v) is 5.38. The lowest BCUT2D eigenvalue weighted by Crippen LogP contribution is -2.61. The normalized spacial score (nSPS) is 30.2. The Balaban J connectivity index is 1.53. The van der Waals surface area contributed by atoms with Crippen LogP contribution in [0.4, 0.5) is 0 Å². The number of ether oxygens (including phenoxy) is 3. The fourth-order valence-electron chi connectivity index (χ4n) is 5.38. The van der Waals surface area contributed by atoms with Crippen LogP contribution in [-0.4, -0.2) is 83.8 Å². The molecule has 5 atom stereocenters. The summed E-state index contributed by atoms with van der Waals surface area (Å²) >= 11 is 0. The Morgan fingerprint density at radius 3 is 2.51 bits per heavy atom. The van der Waals surface area contributed by atoms with E-state index in [2.05, 4.69) is 16.1 Å². The maximum atomic E-state index is 13.6. The van der Waals surface area contributed by atoms with E-state index in [-0.39, 0.29) is 19.1 Å². The predicted octanol–water partition coefficient (Wildman–Crippen LogP) is 1.79. The molecule has 4 heterocycles. The van der Waals surface area contributed by atoms with Crippen molar-refractivity contribution >= 4 is 40.7 Å². The molecule has 12 heteroatoms.